The van der Waals surface area contributed by atoms with Gasteiger partial charge in [-0.3, -0.25) is 4.79 Å². The van der Waals surface area contributed by atoms with E-state index in [1.165, 1.54) is 6.39 Å². The molecule has 1 rings (SSSR count). The molecule has 1 heterocycles. The van der Waals surface area contributed by atoms with E-state index in [1.54, 1.807) is 6.92 Å². The number of carbonyl (C=O) groups excluding carboxylic acids is 1. The van der Waals surface area contributed by atoms with Crippen LogP contribution in [0.15, 0.2) is 10.8 Å². The Kier molecular flexibility index (Phi) is 3.85. The van der Waals surface area contributed by atoms with Gasteiger partial charge in [0.1, 0.15) is 0 Å². The molecular weight excluding hydrogens is 196 g/mol. The van der Waals surface area contributed by atoms with Crippen LogP contribution in [-0.2, 0) is 0 Å². The Morgan fingerprint density at radius 2 is 2.33 bits per heavy atom. The van der Waals surface area contributed by atoms with E-state index in [-0.39, 0.29) is 30.2 Å². The lowest BCUT2D eigenvalue weighted by atomic mass is 10.1. The Balaban J connectivity index is 2.67. The first kappa shape index (κ1) is 11.7. The Morgan fingerprint density at radius 3 is 2.73 bits per heavy atom. The summed E-state index contributed by atoms with van der Waals surface area (Å²) < 4.78 is 4.95. The summed E-state index contributed by atoms with van der Waals surface area (Å²) in [4.78, 5) is 15.5. The van der Waals surface area contributed by atoms with Crippen molar-refractivity contribution in [2.24, 2.45) is 5.92 Å². The monoisotopic (exact) mass is 212 g/mol. The van der Waals surface area contributed by atoms with Crippen LogP contribution in [0.5, 0.6) is 0 Å². The summed E-state index contributed by atoms with van der Waals surface area (Å²) in [6.07, 6.45) is 1.23. The van der Waals surface area contributed by atoms with Crippen LogP contribution in [0.4, 0.5) is 0 Å². The number of rotatable bonds is 4. The number of oxazole rings is 1. The fraction of sp³-hybridized carbons (Fsp3) is 0.600. The van der Waals surface area contributed by atoms with Gasteiger partial charge in [0.2, 0.25) is 5.76 Å². The minimum Gasteiger partial charge on any atom is -0.438 e. The molecule has 0 aromatic carbocycles. The molecule has 5 heteroatoms. The molecule has 0 saturated carbocycles. The standard InChI is InChI=1S/C10H16N2O3/c1-6(2)8(4-13)12-10(14)9-7(3)11-5-15-9/h5-6,8,13H,4H2,1-3H3,(H,12,14)/t8-/m1/s1. The molecule has 2 N–H and O–H groups in total. The van der Waals surface area contributed by atoms with Crippen LogP contribution in [0.2, 0.25) is 0 Å². The first-order valence-electron chi connectivity index (χ1n) is 4.88. The van der Waals surface area contributed by atoms with Crippen molar-refractivity contribution in [1.29, 1.82) is 0 Å². The van der Waals surface area contributed by atoms with E-state index in [0.717, 1.165) is 0 Å². The average Bonchev–Trinajstić information content (AvgIpc) is 2.60. The molecule has 0 fully saturated rings. The van der Waals surface area contributed by atoms with Crippen molar-refractivity contribution >= 4 is 5.91 Å². The zero-order valence-electron chi connectivity index (χ0n) is 9.15. The number of hydrogen-bond donors (Lipinski definition) is 2. The number of aliphatic hydroxyl groups excluding tert-OH is 1. The number of carbonyl (C=O) groups is 1. The number of amides is 1. The second-order valence-corrected chi connectivity index (χ2v) is 3.77. The lowest BCUT2D eigenvalue weighted by molar-refractivity contribution is 0.0868. The minimum atomic E-state index is -0.335. The highest BCUT2D eigenvalue weighted by molar-refractivity contribution is 5.92. The van der Waals surface area contributed by atoms with Gasteiger partial charge in [-0.2, -0.15) is 0 Å². The van der Waals surface area contributed by atoms with Crippen LogP contribution in [-0.4, -0.2) is 28.6 Å². The lowest BCUT2D eigenvalue weighted by Gasteiger charge is -2.19. The van der Waals surface area contributed by atoms with E-state index < -0.39 is 0 Å². The van der Waals surface area contributed by atoms with Gasteiger partial charge in [0.25, 0.3) is 5.91 Å². The van der Waals surface area contributed by atoms with E-state index in [4.69, 9.17) is 9.52 Å². The van der Waals surface area contributed by atoms with Gasteiger partial charge < -0.3 is 14.8 Å². The number of hydrogen-bond acceptors (Lipinski definition) is 4. The largest absolute Gasteiger partial charge is 0.438 e. The highest BCUT2D eigenvalue weighted by Gasteiger charge is 2.19. The third-order valence-electron chi connectivity index (χ3n) is 2.27. The molecule has 0 bridgehead atoms. The maximum atomic E-state index is 11.6. The zero-order valence-corrected chi connectivity index (χ0v) is 9.15. The van der Waals surface area contributed by atoms with Crippen molar-refractivity contribution < 1.29 is 14.3 Å². The van der Waals surface area contributed by atoms with Gasteiger partial charge in [-0.1, -0.05) is 13.8 Å². The van der Waals surface area contributed by atoms with Gasteiger partial charge in [-0.15, -0.1) is 0 Å². The van der Waals surface area contributed by atoms with E-state index in [1.807, 2.05) is 13.8 Å². The quantitative estimate of drug-likeness (QED) is 0.771. The maximum Gasteiger partial charge on any atom is 0.289 e. The zero-order chi connectivity index (χ0) is 11.4. The summed E-state index contributed by atoms with van der Waals surface area (Å²) in [5, 5.41) is 11.7. The number of aromatic nitrogens is 1. The number of aryl methyl sites for hydroxylation is 1. The summed E-state index contributed by atoms with van der Waals surface area (Å²) in [5.41, 5.74) is 0.549. The SMILES string of the molecule is Cc1ncoc1C(=O)N[C@H](CO)C(C)C. The predicted molar refractivity (Wildman–Crippen MR) is 54.4 cm³/mol. The third-order valence-corrected chi connectivity index (χ3v) is 2.27. The van der Waals surface area contributed by atoms with Gasteiger partial charge >= 0.3 is 0 Å². The van der Waals surface area contributed by atoms with Crippen LogP contribution in [0.25, 0.3) is 0 Å². The first-order valence-corrected chi connectivity index (χ1v) is 4.88. The second-order valence-electron chi connectivity index (χ2n) is 3.77. The second kappa shape index (κ2) is 4.93. The molecule has 0 saturated heterocycles. The van der Waals surface area contributed by atoms with Crippen LogP contribution in [0.1, 0.15) is 30.1 Å². The molecule has 84 valence electrons. The fourth-order valence-corrected chi connectivity index (χ4v) is 1.18. The summed E-state index contributed by atoms with van der Waals surface area (Å²) in [5.74, 6) is 0.0361. The molecule has 1 amide bonds. The van der Waals surface area contributed by atoms with Gasteiger partial charge in [0, 0.05) is 0 Å². The molecule has 0 radical (unpaired) electrons. The molecular formula is C10H16N2O3. The number of nitrogens with zero attached hydrogens (tertiary/aromatic N) is 1. The van der Waals surface area contributed by atoms with Gasteiger partial charge in [-0.25, -0.2) is 4.98 Å². The van der Waals surface area contributed by atoms with Crippen molar-refractivity contribution in [3.8, 4) is 0 Å². The Bertz CT molecular complexity index is 333. The maximum absolute atomic E-state index is 11.6. The molecule has 1 aromatic rings. The van der Waals surface area contributed by atoms with Crippen LogP contribution in [0.3, 0.4) is 0 Å². The fourth-order valence-electron chi connectivity index (χ4n) is 1.18. The molecule has 0 unspecified atom stereocenters. The molecule has 15 heavy (non-hydrogen) atoms. The molecule has 0 aliphatic carbocycles. The van der Waals surface area contributed by atoms with E-state index in [0.29, 0.717) is 5.69 Å². The third kappa shape index (κ3) is 2.79. The summed E-state index contributed by atoms with van der Waals surface area (Å²) in [6, 6.07) is -0.262. The normalized spacial score (nSPS) is 12.9. The van der Waals surface area contributed by atoms with Crippen molar-refractivity contribution in [3.05, 3.63) is 17.8 Å². The number of nitrogens with one attached hydrogen (secondary N) is 1. The average molecular weight is 212 g/mol. The van der Waals surface area contributed by atoms with E-state index in [9.17, 15) is 4.79 Å². The molecule has 0 aliphatic rings. The molecule has 0 spiro atoms. The first-order chi connectivity index (χ1) is 7.06. The minimum absolute atomic E-state index is 0.0867. The summed E-state index contributed by atoms with van der Waals surface area (Å²) in [6.45, 7) is 5.46. The molecule has 0 aliphatic heterocycles. The van der Waals surface area contributed by atoms with Gasteiger partial charge in [0.05, 0.1) is 18.3 Å². The molecule has 1 atom stereocenters. The van der Waals surface area contributed by atoms with Crippen molar-refractivity contribution in [1.82, 2.24) is 10.3 Å². The topological polar surface area (TPSA) is 75.4 Å². The van der Waals surface area contributed by atoms with Crippen LogP contribution >= 0.6 is 0 Å². The Morgan fingerprint density at radius 1 is 1.67 bits per heavy atom. The van der Waals surface area contributed by atoms with Crippen molar-refractivity contribution in [3.63, 3.8) is 0 Å². The molecule has 5 nitrogen and oxygen atoms in total. The van der Waals surface area contributed by atoms with E-state index >= 15 is 0 Å². The van der Waals surface area contributed by atoms with Gasteiger partial charge in [-0.05, 0) is 12.8 Å². The lowest BCUT2D eigenvalue weighted by Crippen LogP contribution is -2.41. The summed E-state index contributed by atoms with van der Waals surface area (Å²) >= 11 is 0. The highest BCUT2D eigenvalue weighted by Crippen LogP contribution is 2.07. The number of aliphatic hydroxyl groups is 1. The Hall–Kier alpha value is -1.36. The predicted octanol–water partition coefficient (Wildman–Crippen LogP) is 0.730. The highest BCUT2D eigenvalue weighted by atomic mass is 16.3. The molecule has 1 aromatic heterocycles. The van der Waals surface area contributed by atoms with Gasteiger partial charge in [0.15, 0.2) is 6.39 Å². The van der Waals surface area contributed by atoms with Crippen molar-refractivity contribution in [2.45, 2.75) is 26.8 Å². The Labute approximate surface area is 88.5 Å². The van der Waals surface area contributed by atoms with E-state index in [2.05, 4.69) is 10.3 Å². The summed E-state index contributed by atoms with van der Waals surface area (Å²) in [7, 11) is 0. The van der Waals surface area contributed by atoms with Crippen molar-refractivity contribution in [2.75, 3.05) is 6.61 Å². The van der Waals surface area contributed by atoms with Crippen LogP contribution in [0, 0.1) is 12.8 Å². The van der Waals surface area contributed by atoms with Crippen LogP contribution < -0.4 is 5.32 Å². The smallest absolute Gasteiger partial charge is 0.289 e.